The Kier molecular flexibility index (Phi) is 6.56. The monoisotopic (exact) mass is 347 g/mol. The lowest BCUT2D eigenvalue weighted by atomic mass is 10.1. The molecule has 0 aliphatic carbocycles. The summed E-state index contributed by atoms with van der Waals surface area (Å²) in [5, 5.41) is 15.2. The van der Waals surface area contributed by atoms with E-state index in [4.69, 9.17) is 5.11 Å². The largest absolute Gasteiger partial charge is 0.480 e. The van der Waals surface area contributed by atoms with Crippen molar-refractivity contribution in [2.45, 2.75) is 51.9 Å². The Morgan fingerprint density at radius 1 is 1.42 bits per heavy atom. The zero-order chi connectivity index (χ0) is 18.5. The van der Waals surface area contributed by atoms with E-state index in [9.17, 15) is 22.8 Å². The topological polar surface area (TPSA) is 84.2 Å². The molecule has 0 aromatic carbocycles. The van der Waals surface area contributed by atoms with E-state index in [1.54, 1.807) is 0 Å². The first-order valence-corrected chi connectivity index (χ1v) is 7.27. The van der Waals surface area contributed by atoms with Crippen LogP contribution in [0.25, 0.3) is 0 Å². The van der Waals surface area contributed by atoms with Crippen LogP contribution in [-0.4, -0.2) is 39.0 Å². The van der Waals surface area contributed by atoms with Crippen LogP contribution >= 0.6 is 0 Å². The number of aromatic nitrogens is 2. The number of aryl methyl sites for hydroxylation is 1. The number of carboxylic acid groups (broad SMARTS) is 1. The molecule has 24 heavy (non-hydrogen) atoms. The molecule has 0 fully saturated rings. The van der Waals surface area contributed by atoms with Gasteiger partial charge in [-0.1, -0.05) is 6.08 Å². The second-order valence-corrected chi connectivity index (χ2v) is 5.42. The molecule has 0 saturated carbocycles. The van der Waals surface area contributed by atoms with E-state index in [0.717, 1.165) is 4.68 Å². The molecular formula is C15H20F3N3O3. The van der Waals surface area contributed by atoms with Gasteiger partial charge in [-0.25, -0.2) is 4.79 Å². The fourth-order valence-electron chi connectivity index (χ4n) is 2.26. The van der Waals surface area contributed by atoms with Crippen molar-refractivity contribution in [3.8, 4) is 0 Å². The minimum atomic E-state index is -4.41. The number of amides is 1. The predicted octanol–water partition coefficient (Wildman–Crippen LogP) is 2.14. The highest BCUT2D eigenvalue weighted by Crippen LogP contribution is 2.21. The van der Waals surface area contributed by atoms with Gasteiger partial charge in [0, 0.05) is 11.3 Å². The number of halogens is 3. The summed E-state index contributed by atoms with van der Waals surface area (Å²) in [6.07, 6.45) is -2.50. The zero-order valence-corrected chi connectivity index (χ0v) is 13.5. The van der Waals surface area contributed by atoms with E-state index < -0.39 is 30.6 Å². The van der Waals surface area contributed by atoms with Gasteiger partial charge in [0.2, 0.25) is 5.91 Å². The van der Waals surface area contributed by atoms with E-state index in [1.165, 1.54) is 19.9 Å². The van der Waals surface area contributed by atoms with Gasteiger partial charge in [-0.05, 0) is 26.7 Å². The molecule has 1 amide bonds. The van der Waals surface area contributed by atoms with Crippen molar-refractivity contribution in [3.63, 3.8) is 0 Å². The molecule has 6 nitrogen and oxygen atoms in total. The van der Waals surface area contributed by atoms with Crippen LogP contribution in [0.3, 0.4) is 0 Å². The first kappa shape index (κ1) is 19.7. The number of nitrogens with zero attached hydrogens (tertiary/aromatic N) is 2. The van der Waals surface area contributed by atoms with Crippen LogP contribution in [0.1, 0.15) is 29.8 Å². The number of allylic oxidation sites excluding steroid dienone is 1. The van der Waals surface area contributed by atoms with Crippen molar-refractivity contribution in [2.75, 3.05) is 0 Å². The van der Waals surface area contributed by atoms with E-state index in [2.05, 4.69) is 17.0 Å². The number of alkyl halides is 3. The van der Waals surface area contributed by atoms with Crippen LogP contribution < -0.4 is 5.32 Å². The first-order chi connectivity index (χ1) is 11.0. The molecule has 1 atom stereocenters. The Morgan fingerprint density at radius 3 is 2.54 bits per heavy atom. The third-order valence-electron chi connectivity index (χ3n) is 3.49. The lowest BCUT2D eigenvalue weighted by Gasteiger charge is -2.14. The summed E-state index contributed by atoms with van der Waals surface area (Å²) < 4.78 is 38.3. The Balaban J connectivity index is 2.83. The van der Waals surface area contributed by atoms with Crippen LogP contribution in [0.15, 0.2) is 12.7 Å². The molecule has 0 saturated heterocycles. The lowest BCUT2D eigenvalue weighted by molar-refractivity contribution is -0.143. The quantitative estimate of drug-likeness (QED) is 0.706. The predicted molar refractivity (Wildman–Crippen MR) is 80.5 cm³/mol. The fourth-order valence-corrected chi connectivity index (χ4v) is 2.26. The smallest absolute Gasteiger partial charge is 0.408 e. The number of carboxylic acids is 1. The minimum absolute atomic E-state index is 0.190. The van der Waals surface area contributed by atoms with Crippen LogP contribution in [0.4, 0.5) is 13.2 Å². The average Bonchev–Trinajstić information content (AvgIpc) is 2.68. The highest BCUT2D eigenvalue weighted by molar-refractivity contribution is 5.85. The van der Waals surface area contributed by atoms with E-state index >= 15 is 0 Å². The van der Waals surface area contributed by atoms with Gasteiger partial charge in [-0.15, -0.1) is 6.58 Å². The second kappa shape index (κ2) is 7.98. The lowest BCUT2D eigenvalue weighted by Crippen LogP contribution is -2.41. The van der Waals surface area contributed by atoms with Crippen LogP contribution in [0, 0.1) is 13.8 Å². The number of carbonyl (C=O) groups is 2. The summed E-state index contributed by atoms with van der Waals surface area (Å²) in [4.78, 5) is 23.1. The number of rotatable bonds is 8. The Bertz CT molecular complexity index is 623. The second-order valence-electron chi connectivity index (χ2n) is 5.42. The standard InChI is InChI=1S/C15H20F3N3O3/c1-4-5-6-12(14(23)24)19-13(22)7-11-9(2)20-21(10(11)3)8-15(16,17)18/h4,12H,1,5-8H2,2-3H3,(H,19,22)(H,23,24). The summed E-state index contributed by atoms with van der Waals surface area (Å²) >= 11 is 0. The Labute approximate surface area is 137 Å². The minimum Gasteiger partial charge on any atom is -0.480 e. The molecule has 0 aliphatic rings. The van der Waals surface area contributed by atoms with Gasteiger partial charge in [-0.3, -0.25) is 9.48 Å². The molecule has 2 N–H and O–H groups in total. The third-order valence-corrected chi connectivity index (χ3v) is 3.49. The van der Waals surface area contributed by atoms with Crippen LogP contribution in [0.2, 0.25) is 0 Å². The summed E-state index contributed by atoms with van der Waals surface area (Å²) in [6.45, 7) is 5.20. The maximum atomic E-state index is 12.5. The highest BCUT2D eigenvalue weighted by atomic mass is 19.4. The molecule has 1 heterocycles. The number of aliphatic carboxylic acids is 1. The Morgan fingerprint density at radius 2 is 2.04 bits per heavy atom. The molecule has 1 unspecified atom stereocenters. The van der Waals surface area contributed by atoms with Gasteiger partial charge in [0.15, 0.2) is 0 Å². The summed E-state index contributed by atoms with van der Waals surface area (Å²) in [5.74, 6) is -1.75. The summed E-state index contributed by atoms with van der Waals surface area (Å²) in [5.41, 5.74) is 0.910. The van der Waals surface area contributed by atoms with Crippen molar-refractivity contribution in [1.29, 1.82) is 0 Å². The Hall–Kier alpha value is -2.32. The van der Waals surface area contributed by atoms with Crippen molar-refractivity contribution >= 4 is 11.9 Å². The van der Waals surface area contributed by atoms with Crippen molar-refractivity contribution in [3.05, 3.63) is 29.6 Å². The maximum absolute atomic E-state index is 12.5. The van der Waals surface area contributed by atoms with E-state index in [1.807, 2.05) is 0 Å². The van der Waals surface area contributed by atoms with Crippen LogP contribution in [0.5, 0.6) is 0 Å². The van der Waals surface area contributed by atoms with E-state index in [-0.39, 0.29) is 18.5 Å². The van der Waals surface area contributed by atoms with Gasteiger partial charge >= 0.3 is 12.1 Å². The van der Waals surface area contributed by atoms with Gasteiger partial charge in [0.25, 0.3) is 0 Å². The van der Waals surface area contributed by atoms with Gasteiger partial charge < -0.3 is 10.4 Å². The SMILES string of the molecule is C=CCCC(NC(=O)Cc1c(C)nn(CC(F)(F)F)c1C)C(=O)O. The fraction of sp³-hybridized carbons (Fsp3) is 0.533. The molecule has 0 spiro atoms. The summed E-state index contributed by atoms with van der Waals surface area (Å²) in [6, 6.07) is -1.07. The number of hydrogen-bond donors (Lipinski definition) is 2. The first-order valence-electron chi connectivity index (χ1n) is 7.27. The summed E-state index contributed by atoms with van der Waals surface area (Å²) in [7, 11) is 0. The average molecular weight is 347 g/mol. The molecule has 0 bridgehead atoms. The molecule has 0 aliphatic heterocycles. The third kappa shape index (κ3) is 5.71. The number of carbonyl (C=O) groups excluding carboxylic acids is 1. The van der Waals surface area contributed by atoms with Crippen LogP contribution in [-0.2, 0) is 22.6 Å². The normalized spacial score (nSPS) is 12.7. The van der Waals surface area contributed by atoms with E-state index in [0.29, 0.717) is 17.7 Å². The number of nitrogens with one attached hydrogen (secondary N) is 1. The molecule has 1 aromatic rings. The van der Waals surface area contributed by atoms with Gasteiger partial charge in [-0.2, -0.15) is 18.3 Å². The van der Waals surface area contributed by atoms with Crippen molar-refractivity contribution in [1.82, 2.24) is 15.1 Å². The highest BCUT2D eigenvalue weighted by Gasteiger charge is 2.30. The molecule has 1 rings (SSSR count). The van der Waals surface area contributed by atoms with Crippen molar-refractivity contribution in [2.24, 2.45) is 0 Å². The molecule has 9 heteroatoms. The number of hydrogen-bond acceptors (Lipinski definition) is 3. The molecule has 1 aromatic heterocycles. The molecule has 134 valence electrons. The van der Waals surface area contributed by atoms with Gasteiger partial charge in [0.05, 0.1) is 12.1 Å². The van der Waals surface area contributed by atoms with Gasteiger partial charge in [0.1, 0.15) is 12.6 Å². The zero-order valence-electron chi connectivity index (χ0n) is 13.5. The molecular weight excluding hydrogens is 327 g/mol. The molecule has 0 radical (unpaired) electrons. The van der Waals surface area contributed by atoms with Crippen molar-refractivity contribution < 1.29 is 27.9 Å². The maximum Gasteiger partial charge on any atom is 0.408 e.